The van der Waals surface area contributed by atoms with Crippen LogP contribution in [0.4, 0.5) is 5.69 Å². The van der Waals surface area contributed by atoms with E-state index >= 15 is 0 Å². The normalized spacial score (nSPS) is 10.2. The van der Waals surface area contributed by atoms with Crippen molar-refractivity contribution in [3.8, 4) is 11.5 Å². The van der Waals surface area contributed by atoms with E-state index in [1.165, 1.54) is 0 Å². The molecule has 0 unspecified atom stereocenters. The highest BCUT2D eigenvalue weighted by Crippen LogP contribution is 2.25. The summed E-state index contributed by atoms with van der Waals surface area (Å²) in [6, 6.07) is 12.5. The zero-order valence-electron chi connectivity index (χ0n) is 14.8. The minimum atomic E-state index is -0.219. The topological polar surface area (TPSA) is 64.6 Å². The molecule has 5 nitrogen and oxygen atoms in total. The number of ketones is 1. The Balaban J connectivity index is 1.91. The SMILES string of the molecule is CCOc1ccc(C(=O)CCC(=O)Nc2cc(C)ccc2OC)cc1. The van der Waals surface area contributed by atoms with Crippen LogP contribution in [-0.2, 0) is 4.79 Å². The van der Waals surface area contributed by atoms with Gasteiger partial charge in [-0.3, -0.25) is 9.59 Å². The highest BCUT2D eigenvalue weighted by Gasteiger charge is 2.12. The summed E-state index contributed by atoms with van der Waals surface area (Å²) in [5.41, 5.74) is 2.20. The minimum Gasteiger partial charge on any atom is -0.495 e. The van der Waals surface area contributed by atoms with Gasteiger partial charge in [0, 0.05) is 18.4 Å². The van der Waals surface area contributed by atoms with Crippen LogP contribution in [0.5, 0.6) is 11.5 Å². The van der Waals surface area contributed by atoms with Crippen LogP contribution < -0.4 is 14.8 Å². The largest absolute Gasteiger partial charge is 0.495 e. The first-order valence-electron chi connectivity index (χ1n) is 8.24. The lowest BCUT2D eigenvalue weighted by Crippen LogP contribution is -2.14. The number of Topliss-reactive ketones (excluding diaryl/α,β-unsaturated/α-hetero) is 1. The van der Waals surface area contributed by atoms with E-state index in [2.05, 4.69) is 5.32 Å². The molecule has 2 aromatic rings. The molecule has 0 heterocycles. The standard InChI is InChI=1S/C20H23NO4/c1-4-25-16-8-6-15(7-9-16)18(22)10-12-20(23)21-17-13-14(2)5-11-19(17)24-3/h5-9,11,13H,4,10,12H2,1-3H3,(H,21,23). The first kappa shape index (κ1) is 18.5. The second-order valence-corrected chi connectivity index (χ2v) is 5.63. The molecule has 2 aromatic carbocycles. The van der Waals surface area contributed by atoms with E-state index in [1.807, 2.05) is 26.0 Å². The van der Waals surface area contributed by atoms with Crippen molar-refractivity contribution >= 4 is 17.4 Å². The van der Waals surface area contributed by atoms with E-state index in [4.69, 9.17) is 9.47 Å². The highest BCUT2D eigenvalue weighted by molar-refractivity contribution is 6.00. The number of hydrogen-bond acceptors (Lipinski definition) is 4. The van der Waals surface area contributed by atoms with Gasteiger partial charge in [0.15, 0.2) is 5.78 Å². The number of nitrogens with one attached hydrogen (secondary N) is 1. The Hall–Kier alpha value is -2.82. The number of ether oxygens (including phenoxy) is 2. The van der Waals surface area contributed by atoms with Crippen LogP contribution in [0.3, 0.4) is 0 Å². The Morgan fingerprint density at radius 1 is 1.04 bits per heavy atom. The van der Waals surface area contributed by atoms with Crippen LogP contribution in [0.15, 0.2) is 42.5 Å². The van der Waals surface area contributed by atoms with Gasteiger partial charge in [0.1, 0.15) is 11.5 Å². The molecule has 132 valence electrons. The Morgan fingerprint density at radius 2 is 1.76 bits per heavy atom. The summed E-state index contributed by atoms with van der Waals surface area (Å²) < 4.78 is 10.6. The number of rotatable bonds is 8. The molecule has 0 saturated carbocycles. The van der Waals surface area contributed by atoms with E-state index in [0.29, 0.717) is 23.6 Å². The summed E-state index contributed by atoms with van der Waals surface area (Å²) in [7, 11) is 1.55. The van der Waals surface area contributed by atoms with E-state index < -0.39 is 0 Å². The third-order valence-electron chi connectivity index (χ3n) is 3.70. The maximum atomic E-state index is 12.2. The van der Waals surface area contributed by atoms with Crippen molar-refractivity contribution < 1.29 is 19.1 Å². The summed E-state index contributed by atoms with van der Waals surface area (Å²) in [5.74, 6) is 1.03. The Morgan fingerprint density at radius 3 is 2.40 bits per heavy atom. The van der Waals surface area contributed by atoms with Crippen molar-refractivity contribution in [3.05, 3.63) is 53.6 Å². The molecule has 1 amide bonds. The summed E-state index contributed by atoms with van der Waals surface area (Å²) >= 11 is 0. The Labute approximate surface area is 148 Å². The molecule has 0 aliphatic rings. The predicted molar refractivity (Wildman–Crippen MR) is 97.5 cm³/mol. The maximum absolute atomic E-state index is 12.2. The number of hydrogen-bond donors (Lipinski definition) is 1. The van der Waals surface area contributed by atoms with Gasteiger partial charge in [-0.2, -0.15) is 0 Å². The number of amides is 1. The predicted octanol–water partition coefficient (Wildman–Crippen LogP) is 4.00. The van der Waals surface area contributed by atoms with Gasteiger partial charge in [-0.05, 0) is 55.8 Å². The molecule has 0 bridgehead atoms. The van der Waals surface area contributed by atoms with Crippen molar-refractivity contribution in [3.63, 3.8) is 0 Å². The summed E-state index contributed by atoms with van der Waals surface area (Å²) in [6.07, 6.45) is 0.261. The van der Waals surface area contributed by atoms with Gasteiger partial charge >= 0.3 is 0 Å². The lowest BCUT2D eigenvalue weighted by Gasteiger charge is -2.11. The van der Waals surface area contributed by atoms with Gasteiger partial charge in [-0.15, -0.1) is 0 Å². The van der Waals surface area contributed by atoms with E-state index in [0.717, 1.165) is 11.3 Å². The van der Waals surface area contributed by atoms with Gasteiger partial charge in [-0.25, -0.2) is 0 Å². The molecule has 1 N–H and O–H groups in total. The van der Waals surface area contributed by atoms with E-state index in [9.17, 15) is 9.59 Å². The van der Waals surface area contributed by atoms with Crippen molar-refractivity contribution in [2.24, 2.45) is 0 Å². The zero-order chi connectivity index (χ0) is 18.2. The highest BCUT2D eigenvalue weighted by atomic mass is 16.5. The van der Waals surface area contributed by atoms with Crippen LogP contribution in [0.25, 0.3) is 0 Å². The summed E-state index contributed by atoms with van der Waals surface area (Å²) in [6.45, 7) is 4.42. The zero-order valence-corrected chi connectivity index (χ0v) is 14.8. The lowest BCUT2D eigenvalue weighted by molar-refractivity contribution is -0.116. The average Bonchev–Trinajstić information content (AvgIpc) is 2.61. The van der Waals surface area contributed by atoms with Crippen molar-refractivity contribution in [1.82, 2.24) is 0 Å². The number of carbonyl (C=O) groups excluding carboxylic acids is 2. The molecule has 0 radical (unpaired) electrons. The van der Waals surface area contributed by atoms with Crippen molar-refractivity contribution in [1.29, 1.82) is 0 Å². The molecule has 0 aromatic heterocycles. The van der Waals surface area contributed by atoms with Gasteiger partial charge < -0.3 is 14.8 Å². The lowest BCUT2D eigenvalue weighted by atomic mass is 10.1. The van der Waals surface area contributed by atoms with Gasteiger partial charge in [0.2, 0.25) is 5.91 Å². The van der Waals surface area contributed by atoms with E-state index in [1.54, 1.807) is 37.4 Å². The van der Waals surface area contributed by atoms with Crippen LogP contribution in [0.2, 0.25) is 0 Å². The molecule has 5 heteroatoms. The number of carbonyl (C=O) groups is 2. The smallest absolute Gasteiger partial charge is 0.224 e. The molecule has 2 rings (SSSR count). The van der Waals surface area contributed by atoms with Gasteiger partial charge in [0.25, 0.3) is 0 Å². The quantitative estimate of drug-likeness (QED) is 0.737. The fourth-order valence-corrected chi connectivity index (χ4v) is 2.41. The molecular formula is C20H23NO4. The van der Waals surface area contributed by atoms with Crippen LogP contribution in [0, 0.1) is 6.92 Å². The van der Waals surface area contributed by atoms with Gasteiger partial charge in [0.05, 0.1) is 19.4 Å². The fraction of sp³-hybridized carbons (Fsp3) is 0.300. The van der Waals surface area contributed by atoms with E-state index in [-0.39, 0.29) is 24.5 Å². The summed E-state index contributed by atoms with van der Waals surface area (Å²) in [4.78, 5) is 24.3. The Kier molecular flexibility index (Phi) is 6.57. The van der Waals surface area contributed by atoms with Crippen molar-refractivity contribution in [2.45, 2.75) is 26.7 Å². The molecule has 0 aliphatic heterocycles. The number of aryl methyl sites for hydroxylation is 1. The van der Waals surface area contributed by atoms with Crippen LogP contribution >= 0.6 is 0 Å². The molecule has 25 heavy (non-hydrogen) atoms. The monoisotopic (exact) mass is 341 g/mol. The molecule has 0 fully saturated rings. The second kappa shape index (κ2) is 8.87. The average molecular weight is 341 g/mol. The van der Waals surface area contributed by atoms with Gasteiger partial charge in [-0.1, -0.05) is 6.07 Å². The second-order valence-electron chi connectivity index (χ2n) is 5.63. The number of anilines is 1. The molecule has 0 spiro atoms. The number of benzene rings is 2. The minimum absolute atomic E-state index is 0.0746. The molecule has 0 saturated heterocycles. The molecular weight excluding hydrogens is 318 g/mol. The maximum Gasteiger partial charge on any atom is 0.224 e. The first-order valence-corrected chi connectivity index (χ1v) is 8.24. The molecule has 0 atom stereocenters. The summed E-state index contributed by atoms with van der Waals surface area (Å²) in [5, 5.41) is 2.80. The third kappa shape index (κ3) is 5.35. The molecule has 0 aliphatic carbocycles. The fourth-order valence-electron chi connectivity index (χ4n) is 2.41. The number of methoxy groups -OCH3 is 1. The van der Waals surface area contributed by atoms with Crippen LogP contribution in [0.1, 0.15) is 35.7 Å². The van der Waals surface area contributed by atoms with Crippen molar-refractivity contribution in [2.75, 3.05) is 19.0 Å². The van der Waals surface area contributed by atoms with Crippen LogP contribution in [-0.4, -0.2) is 25.4 Å². The first-order chi connectivity index (χ1) is 12.0. The Bertz CT molecular complexity index is 738. The third-order valence-corrected chi connectivity index (χ3v) is 3.70.